The minimum atomic E-state index is -1.00. The Morgan fingerprint density at radius 3 is 1.34 bits per heavy atom. The SMILES string of the molecule is CC(C)C(N)CO.COc1cc(OCc2cccc(-c3ccccc3)c2C)cc(OC)c1C=O.COc1cc(OCc2cccc(-c3ccccc3)c2C)cc(OC)c1CN[C@@H](CO)C(C)C.Cl.[2H]CF. The van der Waals surface area contributed by atoms with E-state index in [9.17, 15) is 14.3 Å². The van der Waals surface area contributed by atoms with Gasteiger partial charge in [0.05, 0.1) is 61.3 Å². The minimum Gasteiger partial charge on any atom is -0.496 e. The number of carbonyl (C=O) groups excluding carboxylic acids is 1. The molecule has 0 heterocycles. The van der Waals surface area contributed by atoms with E-state index in [0.717, 1.165) is 23.0 Å². The Morgan fingerprint density at radius 2 is 1.03 bits per heavy atom. The van der Waals surface area contributed by atoms with E-state index >= 15 is 0 Å². The first-order valence-electron chi connectivity index (χ1n) is 23.5. The summed E-state index contributed by atoms with van der Waals surface area (Å²) in [5.41, 5.74) is 16.0. The quantitative estimate of drug-likeness (QED) is 0.0541. The van der Waals surface area contributed by atoms with Crippen molar-refractivity contribution in [2.75, 3.05) is 48.8 Å². The summed E-state index contributed by atoms with van der Waals surface area (Å²) in [5, 5.41) is 21.4. The maximum atomic E-state index is 11.3. The summed E-state index contributed by atoms with van der Waals surface area (Å²) >= 11 is 0. The van der Waals surface area contributed by atoms with Crippen molar-refractivity contribution < 1.29 is 49.2 Å². The number of hydrogen-bond acceptors (Lipinski definition) is 11. The number of methoxy groups -OCH3 is 4. The van der Waals surface area contributed by atoms with Gasteiger partial charge >= 0.3 is 0 Å². The molecule has 0 fully saturated rings. The van der Waals surface area contributed by atoms with Crippen LogP contribution in [-0.2, 0) is 19.8 Å². The molecule has 0 aliphatic heterocycles. The van der Waals surface area contributed by atoms with Crippen molar-refractivity contribution in [3.63, 3.8) is 0 Å². The van der Waals surface area contributed by atoms with Crippen LogP contribution in [0, 0.1) is 25.7 Å². The number of ether oxygens (including phenoxy) is 6. The van der Waals surface area contributed by atoms with Crippen molar-refractivity contribution >= 4 is 18.7 Å². The third-order valence-corrected chi connectivity index (χ3v) is 11.7. The van der Waals surface area contributed by atoms with E-state index in [2.05, 4.69) is 99.7 Å². The molecule has 0 bridgehead atoms. The molecule has 0 amide bonds. The predicted octanol–water partition coefficient (Wildman–Crippen LogP) is 11.4. The van der Waals surface area contributed by atoms with Gasteiger partial charge in [-0.25, -0.2) is 0 Å². The number of aliphatic hydroxyl groups is 2. The molecule has 2 atom stereocenters. The van der Waals surface area contributed by atoms with Crippen LogP contribution in [0.25, 0.3) is 22.3 Å². The topological polar surface area (TPSA) is 151 Å². The summed E-state index contributed by atoms with van der Waals surface area (Å²) in [6, 6.07) is 40.3. The number of rotatable bonds is 20. The van der Waals surface area contributed by atoms with E-state index in [0.29, 0.717) is 71.7 Å². The van der Waals surface area contributed by atoms with Crippen LogP contribution in [0.5, 0.6) is 34.5 Å². The molecule has 0 saturated heterocycles. The Morgan fingerprint density at radius 1 is 0.629 bits per heavy atom. The Bertz CT molecular complexity index is 2410. The van der Waals surface area contributed by atoms with Gasteiger partial charge < -0.3 is 49.7 Å². The number of aliphatic hydroxyl groups excluding tert-OH is 2. The molecule has 6 aromatic carbocycles. The highest BCUT2D eigenvalue weighted by Crippen LogP contribution is 2.36. The molecule has 0 saturated carbocycles. The molecule has 0 aromatic heterocycles. The third kappa shape index (κ3) is 17.4. The first-order valence-corrected chi connectivity index (χ1v) is 22.8. The zero-order valence-corrected chi connectivity index (χ0v) is 43.1. The van der Waals surface area contributed by atoms with Gasteiger partial charge in [-0.3, -0.25) is 9.18 Å². The average molecular weight is 987 g/mol. The number of aldehydes is 1. The lowest BCUT2D eigenvalue weighted by molar-refractivity contribution is 0.111. The van der Waals surface area contributed by atoms with Gasteiger partial charge in [-0.15, -0.1) is 12.4 Å². The largest absolute Gasteiger partial charge is 0.496 e. The molecular formula is C57H74ClFN2O9. The molecule has 380 valence electrons. The van der Waals surface area contributed by atoms with Gasteiger partial charge in [-0.1, -0.05) is 125 Å². The number of carbonyl (C=O) groups is 1. The average Bonchev–Trinajstić information content (AvgIpc) is 3.38. The van der Waals surface area contributed by atoms with E-state index in [-0.39, 0.29) is 37.7 Å². The Kier molecular flexibility index (Phi) is 26.5. The second-order valence-corrected chi connectivity index (χ2v) is 16.7. The maximum Gasteiger partial charge on any atom is 0.157 e. The van der Waals surface area contributed by atoms with E-state index in [1.54, 1.807) is 26.4 Å². The van der Waals surface area contributed by atoms with Crippen LogP contribution in [0.15, 0.2) is 121 Å². The van der Waals surface area contributed by atoms with E-state index in [4.69, 9.17) is 40.6 Å². The van der Waals surface area contributed by atoms with E-state index in [1.165, 1.54) is 47.6 Å². The molecule has 0 radical (unpaired) electrons. The van der Waals surface area contributed by atoms with Crippen LogP contribution < -0.4 is 39.5 Å². The summed E-state index contributed by atoms with van der Waals surface area (Å²) < 4.78 is 49.5. The van der Waals surface area contributed by atoms with Crippen molar-refractivity contribution in [3.8, 4) is 56.8 Å². The van der Waals surface area contributed by atoms with Gasteiger partial charge in [-0.2, -0.15) is 0 Å². The maximum absolute atomic E-state index is 11.3. The standard InChI is InChI=1S/C28H35NO4.C23H22O4.C5H13NO.CH3F.ClH/c1-19(2)26(17-30)29-16-25-27(31-4)14-23(15-28(25)32-5)33-18-22-12-9-13-24(20(22)3)21-10-7-6-8-11-21;1-16-18(10-7-11-20(16)17-8-5-4-6-9-17)15-27-19-12-22(25-2)21(14-24)23(13-19)26-3;1-4(2)5(6)3-7;1-2;/h6-15,19,26,29-30H,16-18H2,1-5H3;4-14H,15H2,1-3H3;4-5,7H,3,6H2,1-2H3;1H3;1H/t26-;;;;/m0..../s1/i;;;1D;. The molecule has 5 N–H and O–H groups in total. The van der Waals surface area contributed by atoms with Crippen molar-refractivity contribution in [2.45, 2.75) is 73.4 Å². The zero-order chi connectivity index (χ0) is 51.6. The highest BCUT2D eigenvalue weighted by molar-refractivity contribution is 5.85. The molecular weight excluding hydrogens is 911 g/mol. The minimum absolute atomic E-state index is 0. The highest BCUT2D eigenvalue weighted by Gasteiger charge is 2.18. The summed E-state index contributed by atoms with van der Waals surface area (Å²) in [6.07, 6.45) is 0.717. The normalized spacial score (nSPS) is 11.4. The van der Waals surface area contributed by atoms with Crippen LogP contribution in [0.3, 0.4) is 0 Å². The third-order valence-electron chi connectivity index (χ3n) is 11.7. The zero-order valence-electron chi connectivity index (χ0n) is 43.3. The number of alkyl halides is 1. The number of nitrogens with two attached hydrogens (primary N) is 1. The van der Waals surface area contributed by atoms with Crippen LogP contribution in [0.2, 0.25) is 0 Å². The van der Waals surface area contributed by atoms with Gasteiger partial charge in [0.2, 0.25) is 0 Å². The molecule has 6 aromatic rings. The van der Waals surface area contributed by atoms with E-state index in [1.807, 2.05) is 56.3 Å². The lowest BCUT2D eigenvalue weighted by atomic mass is 9.97. The first kappa shape index (κ1) is 58.2. The fraction of sp³-hybridized carbons (Fsp3) is 0.351. The lowest BCUT2D eigenvalue weighted by Crippen LogP contribution is -2.36. The Labute approximate surface area is 422 Å². The Balaban J connectivity index is 0.000000409. The van der Waals surface area contributed by atoms with Gasteiger partial charge in [0.25, 0.3) is 0 Å². The summed E-state index contributed by atoms with van der Waals surface area (Å²) in [5.74, 6) is 4.19. The van der Waals surface area contributed by atoms with Gasteiger partial charge in [0, 0.05) is 42.9 Å². The summed E-state index contributed by atoms with van der Waals surface area (Å²) in [4.78, 5) is 11.3. The van der Waals surface area contributed by atoms with Crippen molar-refractivity contribution in [1.82, 2.24) is 5.32 Å². The lowest BCUT2D eigenvalue weighted by Gasteiger charge is -2.22. The fourth-order valence-corrected chi connectivity index (χ4v) is 7.15. The van der Waals surface area contributed by atoms with Crippen LogP contribution in [0.1, 0.15) is 67.2 Å². The van der Waals surface area contributed by atoms with Crippen LogP contribution >= 0.6 is 12.4 Å². The number of nitrogens with one attached hydrogen (secondary N) is 1. The van der Waals surface area contributed by atoms with Crippen molar-refractivity contribution in [2.24, 2.45) is 17.6 Å². The number of halogens is 2. The number of benzene rings is 6. The summed E-state index contributed by atoms with van der Waals surface area (Å²) in [7, 11) is 5.31. The molecule has 11 nitrogen and oxygen atoms in total. The fourth-order valence-electron chi connectivity index (χ4n) is 7.15. The molecule has 70 heavy (non-hydrogen) atoms. The first-order chi connectivity index (χ1) is 33.7. The molecule has 13 heteroatoms. The molecule has 0 aliphatic rings. The summed E-state index contributed by atoms with van der Waals surface area (Å²) in [6.45, 7) is 13.9. The second kappa shape index (κ2) is 31.9. The molecule has 0 spiro atoms. The van der Waals surface area contributed by atoms with E-state index < -0.39 is 7.15 Å². The monoisotopic (exact) mass is 986 g/mol. The predicted molar refractivity (Wildman–Crippen MR) is 283 cm³/mol. The van der Waals surface area contributed by atoms with Gasteiger partial charge in [-0.05, 0) is 70.2 Å². The molecule has 1 unspecified atom stereocenters. The Hall–Kier alpha value is -6.15. The highest BCUT2D eigenvalue weighted by atomic mass is 35.5. The van der Waals surface area contributed by atoms with Crippen LogP contribution in [-0.4, -0.2) is 77.4 Å². The second-order valence-electron chi connectivity index (χ2n) is 16.7. The van der Waals surface area contributed by atoms with Crippen molar-refractivity contribution in [3.05, 3.63) is 155 Å². The van der Waals surface area contributed by atoms with Gasteiger partial charge in [0.1, 0.15) is 47.7 Å². The number of hydrogen-bond donors (Lipinski definition) is 4. The molecule has 0 aliphatic carbocycles. The van der Waals surface area contributed by atoms with Crippen molar-refractivity contribution in [1.29, 1.82) is 0 Å². The smallest absolute Gasteiger partial charge is 0.157 e. The molecule has 6 rings (SSSR count). The van der Waals surface area contributed by atoms with Gasteiger partial charge in [0.15, 0.2) is 6.29 Å². The van der Waals surface area contributed by atoms with Crippen LogP contribution in [0.4, 0.5) is 4.39 Å².